The number of tetrazole rings is 1. The highest BCUT2D eigenvalue weighted by molar-refractivity contribution is 6.06. The number of hydrogen-bond acceptors (Lipinski definition) is 6. The molecule has 5 aromatic rings. The van der Waals surface area contributed by atoms with Crippen LogP contribution in [0.2, 0.25) is 0 Å². The molecule has 0 amide bonds. The topological polar surface area (TPSA) is 102 Å². The molecule has 1 N–H and O–H groups in total. The number of carbonyl (C=O) groups excluding carboxylic acids is 1. The van der Waals surface area contributed by atoms with E-state index < -0.39 is 0 Å². The van der Waals surface area contributed by atoms with Crippen molar-refractivity contribution in [2.75, 3.05) is 0 Å². The quantitative estimate of drug-likeness (QED) is 0.302. The highest BCUT2D eigenvalue weighted by atomic mass is 16.1. The standard InChI is InChI=1S/C27H21N7O/c1-2-3-13-24-28-27(25(35)21-9-5-4-6-10-21)31-34(24)18-19-14-16-20(17-15-19)22-11-7-8-12-23(22)26-29-32-33-30-26/h4-12,14-17H,2,18H2,1H3,(H,29,30,32,33). The summed E-state index contributed by atoms with van der Waals surface area (Å²) in [7, 11) is 0. The first-order chi connectivity index (χ1) is 17.2. The minimum atomic E-state index is -0.225. The van der Waals surface area contributed by atoms with Crippen LogP contribution in [0.5, 0.6) is 0 Å². The second-order valence-corrected chi connectivity index (χ2v) is 7.75. The SMILES string of the molecule is CCC#Cc1nc(C(=O)c2ccccc2)nn1Cc1ccc(-c2ccccc2-c2nn[nH]n2)cc1. The Balaban J connectivity index is 1.43. The van der Waals surface area contributed by atoms with Crippen LogP contribution in [-0.2, 0) is 6.54 Å². The number of nitrogens with one attached hydrogen (secondary N) is 1. The minimum absolute atomic E-state index is 0.141. The van der Waals surface area contributed by atoms with Crippen LogP contribution in [0.4, 0.5) is 0 Å². The molecule has 5 rings (SSSR count). The molecule has 0 spiro atoms. The molecule has 8 heteroatoms. The van der Waals surface area contributed by atoms with Crippen LogP contribution in [0.25, 0.3) is 22.5 Å². The zero-order valence-electron chi connectivity index (χ0n) is 19.0. The van der Waals surface area contributed by atoms with E-state index in [0.717, 1.165) is 22.3 Å². The van der Waals surface area contributed by atoms with Crippen LogP contribution in [0.3, 0.4) is 0 Å². The summed E-state index contributed by atoms with van der Waals surface area (Å²) in [5, 5.41) is 18.9. The number of carbonyl (C=O) groups is 1. The average molecular weight is 460 g/mol. The number of benzene rings is 3. The average Bonchev–Trinajstić information content (AvgIpc) is 3.59. The normalized spacial score (nSPS) is 10.5. The van der Waals surface area contributed by atoms with Gasteiger partial charge < -0.3 is 0 Å². The lowest BCUT2D eigenvalue weighted by Gasteiger charge is -2.08. The molecule has 35 heavy (non-hydrogen) atoms. The van der Waals surface area contributed by atoms with Gasteiger partial charge in [-0.3, -0.25) is 4.79 Å². The van der Waals surface area contributed by atoms with Gasteiger partial charge in [0.05, 0.1) is 6.54 Å². The maximum atomic E-state index is 12.9. The molecule has 0 atom stereocenters. The van der Waals surface area contributed by atoms with Gasteiger partial charge in [0.2, 0.25) is 23.3 Å². The highest BCUT2D eigenvalue weighted by Gasteiger charge is 2.17. The van der Waals surface area contributed by atoms with E-state index in [-0.39, 0.29) is 11.6 Å². The molecule has 2 aromatic heterocycles. The second kappa shape index (κ2) is 9.93. The first-order valence-corrected chi connectivity index (χ1v) is 11.2. The fourth-order valence-corrected chi connectivity index (χ4v) is 3.70. The van der Waals surface area contributed by atoms with Crippen molar-refractivity contribution >= 4 is 5.78 Å². The molecule has 8 nitrogen and oxygen atoms in total. The third kappa shape index (κ3) is 4.75. The maximum absolute atomic E-state index is 12.9. The monoisotopic (exact) mass is 459 g/mol. The van der Waals surface area contributed by atoms with Crippen molar-refractivity contribution in [1.29, 1.82) is 0 Å². The van der Waals surface area contributed by atoms with Crippen LogP contribution >= 0.6 is 0 Å². The summed E-state index contributed by atoms with van der Waals surface area (Å²) in [6.07, 6.45) is 0.684. The molecule has 0 saturated heterocycles. The summed E-state index contributed by atoms with van der Waals surface area (Å²) < 4.78 is 1.68. The Morgan fingerprint density at radius 1 is 0.943 bits per heavy atom. The predicted molar refractivity (Wildman–Crippen MR) is 131 cm³/mol. The number of nitrogens with zero attached hydrogens (tertiary/aromatic N) is 6. The van der Waals surface area contributed by atoms with E-state index >= 15 is 0 Å². The Hall–Kier alpha value is -4.90. The molecule has 0 fully saturated rings. The molecule has 0 aliphatic rings. The molecule has 0 bridgehead atoms. The van der Waals surface area contributed by atoms with Crippen molar-refractivity contribution in [1.82, 2.24) is 35.4 Å². The van der Waals surface area contributed by atoms with Gasteiger partial charge in [0.1, 0.15) is 0 Å². The molecule has 0 radical (unpaired) electrons. The Morgan fingerprint density at radius 2 is 1.69 bits per heavy atom. The van der Waals surface area contributed by atoms with Crippen molar-refractivity contribution in [3.63, 3.8) is 0 Å². The molecule has 2 heterocycles. The molecule has 0 unspecified atom stereocenters. The van der Waals surface area contributed by atoms with E-state index in [2.05, 4.69) is 42.5 Å². The van der Waals surface area contributed by atoms with Crippen LogP contribution in [-0.4, -0.2) is 41.2 Å². The van der Waals surface area contributed by atoms with Gasteiger partial charge >= 0.3 is 0 Å². The molecule has 0 saturated carbocycles. The fraction of sp³-hybridized carbons (Fsp3) is 0.111. The zero-order chi connectivity index (χ0) is 24.0. The summed E-state index contributed by atoms with van der Waals surface area (Å²) in [5.74, 6) is 6.99. The number of H-pyrrole nitrogens is 1. The summed E-state index contributed by atoms with van der Waals surface area (Å²) >= 11 is 0. The molecule has 170 valence electrons. The van der Waals surface area contributed by atoms with Crippen molar-refractivity contribution in [3.8, 4) is 34.4 Å². The Labute approximate surface area is 202 Å². The number of aromatic nitrogens is 7. The lowest BCUT2D eigenvalue weighted by atomic mass is 9.98. The van der Waals surface area contributed by atoms with Gasteiger partial charge in [0, 0.05) is 17.5 Å². The van der Waals surface area contributed by atoms with Crippen molar-refractivity contribution < 1.29 is 4.79 Å². The van der Waals surface area contributed by atoms with E-state index in [1.807, 2.05) is 73.7 Å². The summed E-state index contributed by atoms with van der Waals surface area (Å²) in [6.45, 7) is 2.41. The lowest BCUT2D eigenvalue weighted by molar-refractivity contribution is 0.102. The zero-order valence-corrected chi connectivity index (χ0v) is 19.0. The third-order valence-electron chi connectivity index (χ3n) is 5.40. The molecule has 0 aliphatic heterocycles. The maximum Gasteiger partial charge on any atom is 0.232 e. The van der Waals surface area contributed by atoms with Gasteiger partial charge in [-0.2, -0.15) is 10.2 Å². The van der Waals surface area contributed by atoms with Crippen LogP contribution in [0.1, 0.15) is 40.9 Å². The molecular weight excluding hydrogens is 438 g/mol. The van der Waals surface area contributed by atoms with Crippen LogP contribution in [0, 0.1) is 11.8 Å². The first-order valence-electron chi connectivity index (χ1n) is 11.2. The summed E-state index contributed by atoms with van der Waals surface area (Å²) in [4.78, 5) is 17.3. The summed E-state index contributed by atoms with van der Waals surface area (Å²) in [5.41, 5.74) is 4.48. The van der Waals surface area contributed by atoms with E-state index in [1.165, 1.54) is 0 Å². The Bertz CT molecular complexity index is 1510. The van der Waals surface area contributed by atoms with Crippen molar-refractivity contribution in [2.45, 2.75) is 19.9 Å². The smallest absolute Gasteiger partial charge is 0.232 e. The van der Waals surface area contributed by atoms with Gasteiger partial charge in [-0.25, -0.2) is 4.68 Å². The van der Waals surface area contributed by atoms with Gasteiger partial charge in [-0.1, -0.05) is 91.7 Å². The molecule has 3 aromatic carbocycles. The van der Waals surface area contributed by atoms with E-state index in [4.69, 9.17) is 0 Å². The number of aromatic amines is 1. The Kier molecular flexibility index (Phi) is 6.22. The second-order valence-electron chi connectivity index (χ2n) is 7.75. The fourth-order valence-electron chi connectivity index (χ4n) is 3.70. The molecular formula is C27H21N7O. The van der Waals surface area contributed by atoms with Crippen LogP contribution in [0.15, 0.2) is 78.9 Å². The van der Waals surface area contributed by atoms with Crippen molar-refractivity contribution in [3.05, 3.63) is 102 Å². The van der Waals surface area contributed by atoms with Gasteiger partial charge in [0.15, 0.2) is 0 Å². The largest absolute Gasteiger partial charge is 0.285 e. The Morgan fingerprint density at radius 3 is 2.40 bits per heavy atom. The number of rotatable bonds is 6. The highest BCUT2D eigenvalue weighted by Crippen LogP contribution is 2.29. The third-order valence-corrected chi connectivity index (χ3v) is 5.40. The van der Waals surface area contributed by atoms with E-state index in [1.54, 1.807) is 16.8 Å². The van der Waals surface area contributed by atoms with Gasteiger partial charge in [0.25, 0.3) is 0 Å². The van der Waals surface area contributed by atoms with E-state index in [0.29, 0.717) is 30.2 Å². The van der Waals surface area contributed by atoms with Gasteiger partial charge in [-0.15, -0.1) is 15.3 Å². The summed E-state index contributed by atoms with van der Waals surface area (Å²) in [6, 6.07) is 25.1. The van der Waals surface area contributed by atoms with Crippen molar-refractivity contribution in [2.24, 2.45) is 0 Å². The van der Waals surface area contributed by atoms with Crippen LogP contribution < -0.4 is 0 Å². The lowest BCUT2D eigenvalue weighted by Crippen LogP contribution is -2.07. The van der Waals surface area contributed by atoms with E-state index in [9.17, 15) is 4.79 Å². The first kappa shape index (κ1) is 21.9. The predicted octanol–water partition coefficient (Wildman–Crippen LogP) is 4.17. The van der Waals surface area contributed by atoms with Gasteiger partial charge in [-0.05, 0) is 27.8 Å². The number of hydrogen-bond donors (Lipinski definition) is 1. The molecule has 0 aliphatic carbocycles. The minimum Gasteiger partial charge on any atom is -0.285 e. The number of ketones is 1.